The average Bonchev–Trinajstić information content (AvgIpc) is 2.49. The summed E-state index contributed by atoms with van der Waals surface area (Å²) in [5.74, 6) is 0. The molecule has 0 aliphatic heterocycles. The highest BCUT2D eigenvalue weighted by Crippen LogP contribution is 2.20. The highest BCUT2D eigenvalue weighted by atomic mass is 79.9. The Kier molecular flexibility index (Phi) is 6.71. The van der Waals surface area contributed by atoms with Crippen molar-refractivity contribution in [1.29, 1.82) is 0 Å². The van der Waals surface area contributed by atoms with E-state index >= 15 is 0 Å². The number of rotatable bonds is 7. The summed E-state index contributed by atoms with van der Waals surface area (Å²) < 4.78 is 6.85. The topological polar surface area (TPSA) is 21.3 Å². The zero-order chi connectivity index (χ0) is 15.1. The predicted molar refractivity (Wildman–Crippen MR) is 91.5 cm³/mol. The van der Waals surface area contributed by atoms with Crippen LogP contribution in [0.4, 0.5) is 0 Å². The highest BCUT2D eigenvalue weighted by molar-refractivity contribution is 9.10. The third kappa shape index (κ3) is 5.44. The minimum atomic E-state index is 0.586. The van der Waals surface area contributed by atoms with Crippen molar-refractivity contribution in [3.8, 4) is 0 Å². The quantitative estimate of drug-likeness (QED) is 0.748. The molecular weight excluding hydrogens is 350 g/mol. The molecule has 21 heavy (non-hydrogen) atoms. The number of nitrogens with one attached hydrogen (secondary N) is 1. The van der Waals surface area contributed by atoms with E-state index < -0.39 is 0 Å². The molecule has 0 atom stereocenters. The maximum absolute atomic E-state index is 5.86. The van der Waals surface area contributed by atoms with Crippen LogP contribution in [0.3, 0.4) is 0 Å². The molecule has 0 amide bonds. The molecular formula is C17H19BrClNO. The molecule has 0 fully saturated rings. The van der Waals surface area contributed by atoms with Crippen LogP contribution in [0.5, 0.6) is 0 Å². The summed E-state index contributed by atoms with van der Waals surface area (Å²) >= 11 is 9.47. The van der Waals surface area contributed by atoms with Crippen LogP contribution in [0.25, 0.3) is 0 Å². The van der Waals surface area contributed by atoms with Crippen LogP contribution in [0.1, 0.15) is 23.6 Å². The van der Waals surface area contributed by atoms with Crippen molar-refractivity contribution >= 4 is 27.5 Å². The van der Waals surface area contributed by atoms with Crippen LogP contribution < -0.4 is 5.32 Å². The SMILES string of the molecule is CCNCc1ccc(COCc2ccc(Cl)cc2)c(Br)c1. The molecule has 2 aromatic rings. The summed E-state index contributed by atoms with van der Waals surface area (Å²) in [6.07, 6.45) is 0. The third-order valence-corrected chi connectivity index (χ3v) is 4.13. The van der Waals surface area contributed by atoms with E-state index in [1.54, 1.807) is 0 Å². The minimum absolute atomic E-state index is 0.586. The molecule has 2 nitrogen and oxygen atoms in total. The van der Waals surface area contributed by atoms with Crippen LogP contribution in [0.15, 0.2) is 46.9 Å². The molecule has 0 aliphatic carbocycles. The second kappa shape index (κ2) is 8.54. The summed E-state index contributed by atoms with van der Waals surface area (Å²) in [5.41, 5.74) is 3.55. The second-order valence-corrected chi connectivity index (χ2v) is 6.12. The third-order valence-electron chi connectivity index (χ3n) is 3.14. The summed E-state index contributed by atoms with van der Waals surface area (Å²) in [5, 5.41) is 4.07. The smallest absolute Gasteiger partial charge is 0.0732 e. The number of benzene rings is 2. The molecule has 0 aliphatic rings. The van der Waals surface area contributed by atoms with Crippen LogP contribution in [-0.4, -0.2) is 6.54 Å². The lowest BCUT2D eigenvalue weighted by Crippen LogP contribution is -2.11. The van der Waals surface area contributed by atoms with Crippen LogP contribution in [-0.2, 0) is 24.5 Å². The number of halogens is 2. The van der Waals surface area contributed by atoms with Crippen molar-refractivity contribution in [2.24, 2.45) is 0 Å². The summed E-state index contributed by atoms with van der Waals surface area (Å²) in [6, 6.07) is 14.1. The fourth-order valence-corrected chi connectivity index (χ4v) is 2.61. The molecule has 0 radical (unpaired) electrons. The van der Waals surface area contributed by atoms with Gasteiger partial charge in [0.1, 0.15) is 0 Å². The summed E-state index contributed by atoms with van der Waals surface area (Å²) in [6.45, 7) is 5.14. The Morgan fingerprint density at radius 2 is 1.76 bits per heavy atom. The van der Waals surface area contributed by atoms with E-state index in [4.69, 9.17) is 16.3 Å². The number of hydrogen-bond donors (Lipinski definition) is 1. The molecule has 1 N–H and O–H groups in total. The lowest BCUT2D eigenvalue weighted by molar-refractivity contribution is 0.107. The molecule has 0 saturated heterocycles. The fourth-order valence-electron chi connectivity index (χ4n) is 1.95. The molecule has 0 aromatic heterocycles. The predicted octanol–water partition coefficient (Wildman–Crippen LogP) is 4.93. The molecule has 112 valence electrons. The van der Waals surface area contributed by atoms with Crippen molar-refractivity contribution in [2.75, 3.05) is 6.54 Å². The normalized spacial score (nSPS) is 10.8. The minimum Gasteiger partial charge on any atom is -0.372 e. The van der Waals surface area contributed by atoms with Crippen LogP contribution in [0, 0.1) is 0 Å². The van der Waals surface area contributed by atoms with Crippen molar-refractivity contribution < 1.29 is 4.74 Å². The van der Waals surface area contributed by atoms with Gasteiger partial charge < -0.3 is 10.1 Å². The molecule has 0 saturated carbocycles. The lowest BCUT2D eigenvalue weighted by Gasteiger charge is -2.09. The first-order chi connectivity index (χ1) is 10.2. The molecule has 4 heteroatoms. The van der Waals surface area contributed by atoms with Gasteiger partial charge in [0, 0.05) is 16.0 Å². The second-order valence-electron chi connectivity index (χ2n) is 4.83. The Balaban J connectivity index is 1.86. The van der Waals surface area contributed by atoms with Crippen molar-refractivity contribution in [3.63, 3.8) is 0 Å². The van der Waals surface area contributed by atoms with Gasteiger partial charge in [0.25, 0.3) is 0 Å². The highest BCUT2D eigenvalue weighted by Gasteiger charge is 2.02. The molecule has 2 aromatic carbocycles. The van der Waals surface area contributed by atoms with E-state index in [2.05, 4.69) is 46.4 Å². The summed E-state index contributed by atoms with van der Waals surface area (Å²) in [7, 11) is 0. The zero-order valence-corrected chi connectivity index (χ0v) is 14.4. The van der Waals surface area contributed by atoms with Crippen molar-refractivity contribution in [2.45, 2.75) is 26.7 Å². The Labute approximate surface area is 139 Å². The van der Waals surface area contributed by atoms with Gasteiger partial charge in [-0.15, -0.1) is 0 Å². The first-order valence-corrected chi connectivity index (χ1v) is 8.16. The Morgan fingerprint density at radius 1 is 1.05 bits per heavy atom. The maximum Gasteiger partial charge on any atom is 0.0732 e. The van der Waals surface area contributed by atoms with E-state index in [0.29, 0.717) is 13.2 Å². The van der Waals surface area contributed by atoms with Gasteiger partial charge in [-0.25, -0.2) is 0 Å². The monoisotopic (exact) mass is 367 g/mol. The molecule has 2 rings (SSSR count). The Morgan fingerprint density at radius 3 is 2.43 bits per heavy atom. The van der Waals surface area contributed by atoms with Crippen LogP contribution in [0.2, 0.25) is 5.02 Å². The Hall–Kier alpha value is -0.870. The van der Waals surface area contributed by atoms with E-state index in [9.17, 15) is 0 Å². The average molecular weight is 369 g/mol. The maximum atomic E-state index is 5.86. The summed E-state index contributed by atoms with van der Waals surface area (Å²) in [4.78, 5) is 0. The van der Waals surface area contributed by atoms with E-state index in [1.165, 1.54) is 5.56 Å². The standard InChI is InChI=1S/C17H19BrClNO/c1-2-20-10-14-3-6-15(17(18)9-14)12-21-11-13-4-7-16(19)8-5-13/h3-9,20H,2,10-12H2,1H3. The largest absolute Gasteiger partial charge is 0.372 e. The van der Waals surface area contributed by atoms with Crippen molar-refractivity contribution in [1.82, 2.24) is 5.32 Å². The van der Waals surface area contributed by atoms with Gasteiger partial charge >= 0.3 is 0 Å². The Bertz CT molecular complexity index is 572. The number of ether oxygens (including phenoxy) is 1. The van der Waals surface area contributed by atoms with Gasteiger partial charge in [-0.1, -0.05) is 58.7 Å². The van der Waals surface area contributed by atoms with Gasteiger partial charge in [-0.3, -0.25) is 0 Å². The first-order valence-electron chi connectivity index (χ1n) is 6.99. The van der Waals surface area contributed by atoms with Crippen LogP contribution >= 0.6 is 27.5 Å². The van der Waals surface area contributed by atoms with Gasteiger partial charge in [0.2, 0.25) is 0 Å². The number of hydrogen-bond acceptors (Lipinski definition) is 2. The van der Waals surface area contributed by atoms with Gasteiger partial charge in [0.15, 0.2) is 0 Å². The zero-order valence-electron chi connectivity index (χ0n) is 12.0. The van der Waals surface area contributed by atoms with Gasteiger partial charge in [-0.05, 0) is 41.4 Å². The molecule has 0 bridgehead atoms. The fraction of sp³-hybridized carbons (Fsp3) is 0.294. The molecule has 0 spiro atoms. The van der Waals surface area contributed by atoms with E-state index in [-0.39, 0.29) is 0 Å². The first kappa shape index (κ1) is 16.5. The van der Waals surface area contributed by atoms with Gasteiger partial charge in [0.05, 0.1) is 13.2 Å². The lowest BCUT2D eigenvalue weighted by atomic mass is 10.1. The van der Waals surface area contributed by atoms with Crippen molar-refractivity contribution in [3.05, 3.63) is 68.7 Å². The van der Waals surface area contributed by atoms with Gasteiger partial charge in [-0.2, -0.15) is 0 Å². The molecule has 0 heterocycles. The van der Waals surface area contributed by atoms with E-state index in [0.717, 1.165) is 33.7 Å². The molecule has 0 unspecified atom stereocenters. The van der Waals surface area contributed by atoms with E-state index in [1.807, 2.05) is 24.3 Å².